The van der Waals surface area contributed by atoms with Crippen molar-refractivity contribution < 1.29 is 28.7 Å². The summed E-state index contributed by atoms with van der Waals surface area (Å²) >= 11 is 0. The van der Waals surface area contributed by atoms with E-state index in [4.69, 9.17) is 24.1 Å². The lowest BCUT2D eigenvalue weighted by Crippen LogP contribution is -1.88. The highest BCUT2D eigenvalue weighted by molar-refractivity contribution is 7.51. The third-order valence-corrected chi connectivity index (χ3v) is 5.20. The first-order chi connectivity index (χ1) is 12.3. The molecule has 0 aromatic rings. The smallest absolute Gasteiger partial charge is 0.324 e. The molecule has 158 valence electrons. The van der Waals surface area contributed by atoms with Gasteiger partial charge in [-0.05, 0) is 6.42 Å². The topological polar surface area (TPSA) is 115 Å². The highest BCUT2D eigenvalue weighted by atomic mass is 31.2. The van der Waals surface area contributed by atoms with Crippen LogP contribution in [0.1, 0.15) is 110 Å². The predicted molar refractivity (Wildman–Crippen MR) is 109 cm³/mol. The van der Waals surface area contributed by atoms with Gasteiger partial charge in [-0.1, -0.05) is 103 Å². The maximum atomic E-state index is 10.7. The molecule has 0 heterocycles. The summed E-state index contributed by atoms with van der Waals surface area (Å²) in [6.07, 6.45) is 20.6. The third kappa shape index (κ3) is 35.3. The zero-order valence-corrected chi connectivity index (χ0v) is 18.3. The first kappa shape index (κ1) is 28.4. The van der Waals surface area contributed by atoms with Crippen LogP contribution < -0.4 is 0 Å². The Kier molecular flexibility index (Phi) is 23.4. The molecule has 0 aromatic carbocycles. The van der Waals surface area contributed by atoms with Crippen LogP contribution in [0.2, 0.25) is 0 Å². The summed E-state index contributed by atoms with van der Waals surface area (Å²) < 4.78 is 19.4. The molecule has 0 amide bonds. The molecule has 26 heavy (non-hydrogen) atoms. The minimum absolute atomic E-state index is 0.0610. The van der Waals surface area contributed by atoms with Crippen molar-refractivity contribution in [1.82, 2.24) is 0 Å². The van der Waals surface area contributed by atoms with Gasteiger partial charge in [-0.15, -0.1) is 9.79 Å². The van der Waals surface area contributed by atoms with Crippen LogP contribution in [0.5, 0.6) is 0 Å². The average molecular weight is 415 g/mol. The SMILES string of the molecule is CCCCCCCCCCCCCCCCCCP(=O)(O)O.O=[P+](O)O. The molecule has 0 radical (unpaired) electrons. The van der Waals surface area contributed by atoms with E-state index >= 15 is 0 Å². The Balaban J connectivity index is 0. The Bertz CT molecular complexity index is 343. The van der Waals surface area contributed by atoms with Gasteiger partial charge < -0.3 is 9.79 Å². The Morgan fingerprint density at radius 2 is 0.846 bits per heavy atom. The van der Waals surface area contributed by atoms with Crippen LogP contribution in [-0.4, -0.2) is 25.7 Å². The van der Waals surface area contributed by atoms with Crippen LogP contribution in [0.3, 0.4) is 0 Å². The Hall–Kier alpha value is 0.170. The first-order valence-corrected chi connectivity index (χ1v) is 13.2. The van der Waals surface area contributed by atoms with E-state index in [-0.39, 0.29) is 6.16 Å². The Labute approximate surface area is 160 Å². The first-order valence-electron chi connectivity index (χ1n) is 10.2. The van der Waals surface area contributed by atoms with Crippen molar-refractivity contribution in [2.24, 2.45) is 0 Å². The van der Waals surface area contributed by atoms with E-state index in [9.17, 15) is 4.57 Å². The zero-order valence-electron chi connectivity index (χ0n) is 16.5. The van der Waals surface area contributed by atoms with Crippen molar-refractivity contribution in [3.63, 3.8) is 0 Å². The molecule has 0 saturated carbocycles. The zero-order chi connectivity index (χ0) is 20.1. The van der Waals surface area contributed by atoms with Crippen molar-refractivity contribution >= 4 is 15.9 Å². The minimum Gasteiger partial charge on any atom is -0.324 e. The van der Waals surface area contributed by atoms with E-state index in [1.807, 2.05) is 0 Å². The highest BCUT2D eigenvalue weighted by Crippen LogP contribution is 2.35. The van der Waals surface area contributed by atoms with Crippen LogP contribution >= 0.6 is 15.9 Å². The molecule has 0 bridgehead atoms. The van der Waals surface area contributed by atoms with Gasteiger partial charge in [0.1, 0.15) is 0 Å². The van der Waals surface area contributed by atoms with E-state index in [1.54, 1.807) is 0 Å². The van der Waals surface area contributed by atoms with E-state index in [2.05, 4.69) is 6.92 Å². The third-order valence-electron chi connectivity index (χ3n) is 4.30. The fraction of sp³-hybridized carbons (Fsp3) is 1.00. The fourth-order valence-electron chi connectivity index (χ4n) is 2.87. The van der Waals surface area contributed by atoms with E-state index in [0.29, 0.717) is 6.42 Å². The van der Waals surface area contributed by atoms with Crippen molar-refractivity contribution in [3.05, 3.63) is 0 Å². The molecule has 0 aliphatic heterocycles. The molecule has 0 atom stereocenters. The van der Waals surface area contributed by atoms with Gasteiger partial charge in [0, 0.05) is 10.7 Å². The van der Waals surface area contributed by atoms with Crippen LogP contribution in [0.4, 0.5) is 0 Å². The number of hydrogen-bond acceptors (Lipinski definition) is 2. The summed E-state index contributed by atoms with van der Waals surface area (Å²) in [6, 6.07) is 0. The van der Waals surface area contributed by atoms with Gasteiger partial charge in [0.05, 0.1) is 0 Å². The molecule has 6 nitrogen and oxygen atoms in total. The second-order valence-corrected chi connectivity index (χ2v) is 9.23. The van der Waals surface area contributed by atoms with Gasteiger partial charge >= 0.3 is 15.9 Å². The Morgan fingerprint density at radius 1 is 0.615 bits per heavy atom. The summed E-state index contributed by atoms with van der Waals surface area (Å²) in [6.45, 7) is 2.27. The normalized spacial score (nSPS) is 11.1. The largest absolute Gasteiger partial charge is 0.692 e. The summed E-state index contributed by atoms with van der Waals surface area (Å²) in [4.78, 5) is 31.7. The van der Waals surface area contributed by atoms with Crippen LogP contribution in [0.25, 0.3) is 0 Å². The second-order valence-electron chi connectivity index (χ2n) is 6.94. The molecule has 0 unspecified atom stereocenters. The van der Waals surface area contributed by atoms with Gasteiger partial charge in [0.15, 0.2) is 0 Å². The lowest BCUT2D eigenvalue weighted by Gasteiger charge is -2.04. The molecule has 0 aromatic heterocycles. The Morgan fingerprint density at radius 3 is 1.08 bits per heavy atom. The van der Waals surface area contributed by atoms with Gasteiger partial charge in [-0.2, -0.15) is 0 Å². The van der Waals surface area contributed by atoms with Gasteiger partial charge in [-0.25, -0.2) is 0 Å². The summed E-state index contributed by atoms with van der Waals surface area (Å²) in [5, 5.41) is 0. The fourth-order valence-corrected chi connectivity index (χ4v) is 3.50. The van der Waals surface area contributed by atoms with E-state index in [0.717, 1.165) is 12.8 Å². The average Bonchev–Trinajstić information content (AvgIpc) is 2.53. The van der Waals surface area contributed by atoms with Crippen molar-refractivity contribution in [2.45, 2.75) is 110 Å². The molecular weight excluding hydrogens is 374 g/mol. The molecule has 0 rings (SSSR count). The standard InChI is InChI=1S/C18H39O3P.HO3P/c1-2-3-4-5-6-7-8-9-10-11-12-13-14-15-16-17-18-22(19,20)21;1-4(2)3/h2-18H2,1H3,(H2,19,20,21);(H-,1,2,3)/p+1. The van der Waals surface area contributed by atoms with Gasteiger partial charge in [0.25, 0.3) is 0 Å². The lowest BCUT2D eigenvalue weighted by atomic mass is 10.0. The van der Waals surface area contributed by atoms with Gasteiger partial charge in [0.2, 0.25) is 0 Å². The van der Waals surface area contributed by atoms with Crippen LogP contribution in [0.15, 0.2) is 0 Å². The maximum Gasteiger partial charge on any atom is 0.692 e. The monoisotopic (exact) mass is 415 g/mol. The highest BCUT2D eigenvalue weighted by Gasteiger charge is 2.10. The molecule has 0 fully saturated rings. The minimum atomic E-state index is -3.75. The lowest BCUT2D eigenvalue weighted by molar-refractivity contribution is 0.370. The molecule has 0 saturated heterocycles. The van der Waals surface area contributed by atoms with Crippen molar-refractivity contribution in [1.29, 1.82) is 0 Å². The van der Waals surface area contributed by atoms with E-state index in [1.165, 1.54) is 83.5 Å². The van der Waals surface area contributed by atoms with E-state index < -0.39 is 15.9 Å². The van der Waals surface area contributed by atoms with Crippen LogP contribution in [0, 0.1) is 0 Å². The predicted octanol–water partition coefficient (Wildman–Crippen LogP) is 6.05. The van der Waals surface area contributed by atoms with Gasteiger partial charge in [-0.3, -0.25) is 4.57 Å². The molecule has 0 spiro atoms. The quantitative estimate of drug-likeness (QED) is 0.170. The molecule has 8 heteroatoms. The molecule has 4 N–H and O–H groups in total. The maximum absolute atomic E-state index is 10.7. The second kappa shape index (κ2) is 21.5. The number of unbranched alkanes of at least 4 members (excludes halogenated alkanes) is 15. The summed E-state index contributed by atoms with van der Waals surface area (Å²) in [5.74, 6) is 0. The summed E-state index contributed by atoms with van der Waals surface area (Å²) in [7, 11) is -6.62. The van der Waals surface area contributed by atoms with Crippen LogP contribution in [-0.2, 0) is 9.13 Å². The molecule has 0 aliphatic rings. The number of hydrogen-bond donors (Lipinski definition) is 4. The summed E-state index contributed by atoms with van der Waals surface area (Å²) in [5.41, 5.74) is 0. The van der Waals surface area contributed by atoms with Crippen molar-refractivity contribution in [3.8, 4) is 0 Å². The number of rotatable bonds is 17. The van der Waals surface area contributed by atoms with Crippen molar-refractivity contribution in [2.75, 3.05) is 6.16 Å². The molecular formula is C18H41O6P2+. The molecule has 0 aliphatic carbocycles.